The second kappa shape index (κ2) is 8.83. The first-order chi connectivity index (χ1) is 15.1. The zero-order chi connectivity index (χ0) is 22.7. The van der Waals surface area contributed by atoms with Crippen LogP contribution < -0.4 is 5.79 Å². The van der Waals surface area contributed by atoms with E-state index < -0.39 is 36.8 Å². The summed E-state index contributed by atoms with van der Waals surface area (Å²) in [6.07, 6.45) is 0. The molecular weight excluding hydrogens is 678 g/mol. The van der Waals surface area contributed by atoms with Crippen LogP contribution in [0, 0.1) is 0 Å². The van der Waals surface area contributed by atoms with Gasteiger partial charge in [-0.2, -0.15) is 0 Å². The molecule has 0 aliphatic heterocycles. The molecule has 6 rings (SSSR count). The van der Waals surface area contributed by atoms with Crippen molar-refractivity contribution in [1.29, 1.82) is 0 Å². The molecule has 0 spiro atoms. The molecule has 4 aromatic heterocycles. The summed E-state index contributed by atoms with van der Waals surface area (Å²) in [5, 5.41) is 10.2. The van der Waals surface area contributed by atoms with Gasteiger partial charge in [0.25, 0.3) is 0 Å². The van der Waals surface area contributed by atoms with Gasteiger partial charge in [-0.3, -0.25) is 0 Å². The third-order valence-electron chi connectivity index (χ3n) is 5.74. The van der Waals surface area contributed by atoms with Crippen LogP contribution in [-0.2, 0) is 0 Å². The standard InChI is InChI=1S/C10H6S2.C10H4S2.6CH3.2Sn/c2*1-2-10-8(4-6-12-10)7-3-5-11-9(1)7;;;;;;;;/h1-6H;1-4H;6*1H3;;. The van der Waals surface area contributed by atoms with Gasteiger partial charge in [-0.25, -0.2) is 0 Å². The van der Waals surface area contributed by atoms with Crippen LogP contribution in [0.1, 0.15) is 0 Å². The molecule has 0 amide bonds. The predicted octanol–water partition coefficient (Wildman–Crippen LogP) is 9.32. The molecule has 0 saturated heterocycles. The Hall–Kier alpha value is -0.123. The van der Waals surface area contributed by atoms with Crippen molar-refractivity contribution in [3.05, 3.63) is 59.3 Å². The molecule has 0 aliphatic carbocycles. The van der Waals surface area contributed by atoms with Crippen LogP contribution in [-0.4, -0.2) is 36.8 Å². The molecule has 0 nitrogen and oxygen atoms in total. The van der Waals surface area contributed by atoms with Gasteiger partial charge in [-0.1, -0.05) is 0 Å². The molecule has 164 valence electrons. The Kier molecular flexibility index (Phi) is 6.51. The molecule has 2 aromatic carbocycles. The Morgan fingerprint density at radius 1 is 0.469 bits per heavy atom. The molecule has 0 saturated carbocycles. The molecular formula is C26H28S4Sn2. The van der Waals surface area contributed by atoms with Gasteiger partial charge in [0.15, 0.2) is 0 Å². The topological polar surface area (TPSA) is 0 Å². The minimum absolute atomic E-state index is 1.39. The normalized spacial score (nSPS) is 12.7. The second-order valence-corrected chi connectivity index (χ2v) is 45.2. The summed E-state index contributed by atoms with van der Waals surface area (Å²) in [7, 11) is 0. The van der Waals surface area contributed by atoms with Crippen molar-refractivity contribution in [3.63, 3.8) is 0 Å². The van der Waals surface area contributed by atoms with E-state index in [4.69, 9.17) is 0 Å². The van der Waals surface area contributed by atoms with E-state index in [1.807, 2.05) is 22.7 Å². The number of hydrogen-bond acceptors (Lipinski definition) is 4. The van der Waals surface area contributed by atoms with E-state index >= 15 is 0 Å². The minimum Gasteiger partial charge on any atom is -0.144 e. The average molecular weight is 706 g/mol. The van der Waals surface area contributed by atoms with E-state index in [-0.39, 0.29) is 0 Å². The van der Waals surface area contributed by atoms with E-state index in [9.17, 15) is 0 Å². The molecule has 0 unspecified atom stereocenters. The van der Waals surface area contributed by atoms with Gasteiger partial charge < -0.3 is 0 Å². The predicted molar refractivity (Wildman–Crippen MR) is 160 cm³/mol. The summed E-state index contributed by atoms with van der Waals surface area (Å²) in [5.41, 5.74) is 0. The van der Waals surface area contributed by atoms with E-state index in [0.717, 1.165) is 0 Å². The van der Waals surface area contributed by atoms with Gasteiger partial charge in [-0.05, 0) is 35.0 Å². The maximum absolute atomic E-state index is 2.52. The van der Waals surface area contributed by atoms with Crippen LogP contribution in [0.5, 0.6) is 0 Å². The van der Waals surface area contributed by atoms with E-state index in [2.05, 4.69) is 112 Å². The summed E-state index contributed by atoms with van der Waals surface area (Å²) in [6.45, 7) is 0. The van der Waals surface area contributed by atoms with E-state index in [1.165, 1.54) is 40.3 Å². The fourth-order valence-corrected chi connectivity index (χ4v) is 18.2. The minimum atomic E-state index is -1.94. The second-order valence-electron chi connectivity index (χ2n) is 10.3. The number of fused-ring (bicyclic) bond motifs is 6. The van der Waals surface area contributed by atoms with Gasteiger partial charge >= 0.3 is 139 Å². The van der Waals surface area contributed by atoms with Crippen LogP contribution in [0.15, 0.2) is 59.3 Å². The summed E-state index contributed by atoms with van der Waals surface area (Å²) in [6, 6.07) is 18.6. The molecule has 0 fully saturated rings. The first-order valence-electron chi connectivity index (χ1n) is 10.9. The maximum atomic E-state index is 2.52. The Labute approximate surface area is 214 Å². The van der Waals surface area contributed by atoms with E-state index in [0.29, 0.717) is 0 Å². The maximum Gasteiger partial charge on any atom is 0.0349 e. The van der Waals surface area contributed by atoms with Gasteiger partial charge in [0.2, 0.25) is 0 Å². The Morgan fingerprint density at radius 2 is 0.844 bits per heavy atom. The van der Waals surface area contributed by atoms with E-state index in [1.54, 1.807) is 5.79 Å². The van der Waals surface area contributed by atoms with Crippen LogP contribution >= 0.6 is 45.3 Å². The SMILES string of the molecule is [CH3][Sn]([CH3])([CH3])[c]1cc2c(ccc3s[c]([Sn]([CH3])([CH3])[CH3])cc32)s1.c1cc2c(ccc3sccc32)s1. The van der Waals surface area contributed by atoms with Crippen molar-refractivity contribution in [2.75, 3.05) is 0 Å². The molecule has 0 bridgehead atoms. The van der Waals surface area contributed by atoms with Gasteiger partial charge in [0.1, 0.15) is 0 Å². The third kappa shape index (κ3) is 4.56. The molecule has 0 aliphatic rings. The average Bonchev–Trinajstić information content (AvgIpc) is 3.50. The largest absolute Gasteiger partial charge is 0.144 e. The summed E-state index contributed by atoms with van der Waals surface area (Å²) in [5.74, 6) is 0. The first kappa shape index (κ1) is 23.6. The molecule has 32 heavy (non-hydrogen) atoms. The van der Waals surface area contributed by atoms with Crippen molar-refractivity contribution in [3.8, 4) is 0 Å². The molecule has 4 heterocycles. The smallest absolute Gasteiger partial charge is 0.0349 e. The van der Waals surface area contributed by atoms with Gasteiger partial charge in [0.05, 0.1) is 0 Å². The summed E-state index contributed by atoms with van der Waals surface area (Å²) >= 11 is 3.84. The fourth-order valence-electron chi connectivity index (χ4n) is 3.87. The summed E-state index contributed by atoms with van der Waals surface area (Å²) in [4.78, 5) is 15.1. The van der Waals surface area contributed by atoms with Gasteiger partial charge in [0, 0.05) is 20.2 Å². The number of benzene rings is 2. The third-order valence-corrected chi connectivity index (χ3v) is 28.6. The van der Waals surface area contributed by atoms with Crippen molar-refractivity contribution in [2.45, 2.75) is 29.6 Å². The number of thiophene rings is 4. The molecule has 0 N–H and O–H groups in total. The molecule has 0 atom stereocenters. The zero-order valence-corrected chi connectivity index (χ0v) is 28.4. The quantitative estimate of drug-likeness (QED) is 0.158. The number of hydrogen-bond donors (Lipinski definition) is 0. The molecule has 0 radical (unpaired) electrons. The first-order valence-corrected chi connectivity index (χ1v) is 34.3. The summed E-state index contributed by atoms with van der Waals surface area (Å²) < 4.78 is 9.17. The van der Waals surface area contributed by atoms with Crippen LogP contribution in [0.25, 0.3) is 40.3 Å². The van der Waals surface area contributed by atoms with Crippen molar-refractivity contribution < 1.29 is 0 Å². The molecule has 6 heteroatoms. The zero-order valence-electron chi connectivity index (χ0n) is 19.4. The van der Waals surface area contributed by atoms with Crippen molar-refractivity contribution in [2.24, 2.45) is 0 Å². The monoisotopic (exact) mass is 708 g/mol. The molecule has 6 aromatic rings. The van der Waals surface area contributed by atoms with Crippen LogP contribution in [0.4, 0.5) is 0 Å². The van der Waals surface area contributed by atoms with Crippen molar-refractivity contribution >= 4 is 128 Å². The Bertz CT molecular complexity index is 1430. The van der Waals surface area contributed by atoms with Gasteiger partial charge in [-0.15, -0.1) is 22.7 Å². The number of rotatable bonds is 2. The Morgan fingerprint density at radius 3 is 1.22 bits per heavy atom. The fraction of sp³-hybridized carbons (Fsp3) is 0.231. The van der Waals surface area contributed by atoms with Crippen LogP contribution in [0.3, 0.4) is 0 Å². The Balaban J connectivity index is 0.000000152. The van der Waals surface area contributed by atoms with Crippen LogP contribution in [0.2, 0.25) is 29.6 Å². The van der Waals surface area contributed by atoms with Crippen molar-refractivity contribution in [1.82, 2.24) is 0 Å².